The third kappa shape index (κ3) is 4.29. The number of hydrogen-bond acceptors (Lipinski definition) is 4. The quantitative estimate of drug-likeness (QED) is 0.501. The third-order valence-electron chi connectivity index (χ3n) is 4.00. The molecule has 0 saturated carbocycles. The molecule has 0 bridgehead atoms. The van der Waals surface area contributed by atoms with Gasteiger partial charge in [-0.3, -0.25) is 10.1 Å². The number of ether oxygens (including phenoxy) is 1. The molecule has 0 spiro atoms. The van der Waals surface area contributed by atoms with Gasteiger partial charge in [0.15, 0.2) is 5.11 Å². The molecule has 0 aliphatic carbocycles. The summed E-state index contributed by atoms with van der Waals surface area (Å²) in [5.41, 5.74) is 0.857. The lowest BCUT2D eigenvalue weighted by Crippen LogP contribution is -2.34. The van der Waals surface area contributed by atoms with Gasteiger partial charge in [0.1, 0.15) is 5.75 Å². The van der Waals surface area contributed by atoms with Crippen molar-refractivity contribution in [2.24, 2.45) is 0 Å². The van der Waals surface area contributed by atoms with Crippen molar-refractivity contribution < 1.29 is 19.4 Å². The zero-order chi connectivity index (χ0) is 20.3. The number of benzene rings is 3. The van der Waals surface area contributed by atoms with Crippen molar-refractivity contribution in [3.05, 3.63) is 70.2 Å². The molecule has 0 saturated heterocycles. The Morgan fingerprint density at radius 1 is 1.07 bits per heavy atom. The third-order valence-corrected chi connectivity index (χ3v) is 4.90. The van der Waals surface area contributed by atoms with Gasteiger partial charge >= 0.3 is 5.97 Å². The smallest absolute Gasteiger partial charge is 0.335 e. The van der Waals surface area contributed by atoms with Crippen LogP contribution in [0.4, 0.5) is 5.69 Å². The number of carbonyl (C=O) groups excluding carboxylic acids is 1. The first-order valence-electron chi connectivity index (χ1n) is 8.11. The highest BCUT2D eigenvalue weighted by Gasteiger charge is 2.16. The molecule has 28 heavy (non-hydrogen) atoms. The molecule has 0 atom stereocenters. The van der Waals surface area contributed by atoms with Crippen LogP contribution in [0.1, 0.15) is 20.7 Å². The van der Waals surface area contributed by atoms with Gasteiger partial charge in [0.25, 0.3) is 5.91 Å². The molecule has 0 aliphatic heterocycles. The van der Waals surface area contributed by atoms with E-state index in [2.05, 4.69) is 26.6 Å². The molecular weight excluding hydrogens is 444 g/mol. The number of rotatable bonds is 4. The van der Waals surface area contributed by atoms with E-state index in [1.807, 2.05) is 24.3 Å². The van der Waals surface area contributed by atoms with Crippen molar-refractivity contribution in [3.63, 3.8) is 0 Å². The van der Waals surface area contributed by atoms with Crippen molar-refractivity contribution in [1.29, 1.82) is 0 Å². The van der Waals surface area contributed by atoms with Gasteiger partial charge < -0.3 is 15.2 Å². The number of methoxy groups -OCH3 is 1. The summed E-state index contributed by atoms with van der Waals surface area (Å²) < 4.78 is 5.95. The van der Waals surface area contributed by atoms with E-state index in [0.29, 0.717) is 21.5 Å². The van der Waals surface area contributed by atoms with Gasteiger partial charge in [-0.15, -0.1) is 0 Å². The van der Waals surface area contributed by atoms with Gasteiger partial charge in [0.05, 0.1) is 23.9 Å². The van der Waals surface area contributed by atoms with Gasteiger partial charge in [-0.1, -0.05) is 24.3 Å². The number of hydrogen-bond donors (Lipinski definition) is 3. The lowest BCUT2D eigenvalue weighted by Gasteiger charge is -2.14. The maximum absolute atomic E-state index is 12.7. The van der Waals surface area contributed by atoms with E-state index in [1.54, 1.807) is 18.2 Å². The van der Waals surface area contributed by atoms with Crippen LogP contribution in [0.15, 0.2) is 59.1 Å². The number of carboxylic acid groups (broad SMARTS) is 1. The number of carbonyl (C=O) groups is 2. The molecule has 3 aromatic carbocycles. The standard InChI is InChI=1S/C20H15BrN2O4S/c1-27-17-10-12-5-3-2-4-11(12)8-14(17)18(24)23-20(28)22-16-9-13(19(25)26)6-7-15(16)21/h2-10H,1H3,(H,25,26)(H2,22,23,24,28). The molecule has 0 heterocycles. The first-order valence-corrected chi connectivity index (χ1v) is 9.31. The Kier molecular flexibility index (Phi) is 5.91. The van der Waals surface area contributed by atoms with E-state index in [1.165, 1.54) is 19.2 Å². The van der Waals surface area contributed by atoms with Gasteiger partial charge in [-0.25, -0.2) is 4.79 Å². The second-order valence-corrected chi connectivity index (χ2v) is 7.07. The molecule has 142 valence electrons. The second-order valence-electron chi connectivity index (χ2n) is 5.81. The van der Waals surface area contributed by atoms with Gasteiger partial charge in [-0.05, 0) is 69.3 Å². The summed E-state index contributed by atoms with van der Waals surface area (Å²) in [7, 11) is 1.49. The number of fused-ring (bicyclic) bond motifs is 1. The molecule has 8 heteroatoms. The van der Waals surface area contributed by atoms with Crippen LogP contribution in [0.25, 0.3) is 10.8 Å². The molecule has 1 amide bonds. The Bertz CT molecular complexity index is 1100. The minimum absolute atomic E-state index is 0.0310. The SMILES string of the molecule is COc1cc2ccccc2cc1C(=O)NC(=S)Nc1cc(C(=O)O)ccc1Br. The Morgan fingerprint density at radius 3 is 2.39 bits per heavy atom. The van der Waals surface area contributed by atoms with Gasteiger partial charge in [0, 0.05) is 4.47 Å². The molecule has 3 rings (SSSR count). The van der Waals surface area contributed by atoms with Crippen LogP contribution in [-0.4, -0.2) is 29.2 Å². The summed E-state index contributed by atoms with van der Waals surface area (Å²) in [5, 5.41) is 16.4. The first kappa shape index (κ1) is 19.8. The molecule has 0 radical (unpaired) electrons. The van der Waals surface area contributed by atoms with Crippen molar-refractivity contribution in [1.82, 2.24) is 5.32 Å². The van der Waals surface area contributed by atoms with Crippen molar-refractivity contribution in [2.45, 2.75) is 0 Å². The van der Waals surface area contributed by atoms with Crippen LogP contribution in [0.2, 0.25) is 0 Å². The molecular formula is C20H15BrN2O4S. The summed E-state index contributed by atoms with van der Waals surface area (Å²) in [6.07, 6.45) is 0. The molecule has 3 N–H and O–H groups in total. The first-order chi connectivity index (χ1) is 13.4. The lowest BCUT2D eigenvalue weighted by molar-refractivity contribution is 0.0696. The van der Waals surface area contributed by atoms with E-state index in [9.17, 15) is 9.59 Å². The highest BCUT2D eigenvalue weighted by molar-refractivity contribution is 9.10. The normalized spacial score (nSPS) is 10.4. The number of nitrogens with one attached hydrogen (secondary N) is 2. The van der Waals surface area contributed by atoms with Crippen LogP contribution in [0.3, 0.4) is 0 Å². The van der Waals surface area contributed by atoms with Crippen LogP contribution in [-0.2, 0) is 0 Å². The lowest BCUT2D eigenvalue weighted by atomic mass is 10.1. The van der Waals surface area contributed by atoms with Crippen LogP contribution in [0, 0.1) is 0 Å². The van der Waals surface area contributed by atoms with Crippen LogP contribution >= 0.6 is 28.1 Å². The Hall–Kier alpha value is -2.97. The van der Waals surface area contributed by atoms with E-state index in [0.717, 1.165) is 10.8 Å². The molecule has 0 fully saturated rings. The number of aromatic carboxylic acids is 1. The second kappa shape index (κ2) is 8.37. The topological polar surface area (TPSA) is 87.7 Å². The fourth-order valence-electron chi connectivity index (χ4n) is 2.64. The van der Waals surface area contributed by atoms with Gasteiger partial charge in [0.2, 0.25) is 0 Å². The Balaban J connectivity index is 1.81. The average molecular weight is 459 g/mol. The van der Waals surface area contributed by atoms with E-state index in [-0.39, 0.29) is 10.7 Å². The fraction of sp³-hybridized carbons (Fsp3) is 0.0500. The van der Waals surface area contributed by atoms with E-state index >= 15 is 0 Å². The molecule has 3 aromatic rings. The molecule has 0 aromatic heterocycles. The Morgan fingerprint density at radius 2 is 1.75 bits per heavy atom. The van der Waals surface area contributed by atoms with Crippen LogP contribution < -0.4 is 15.4 Å². The highest BCUT2D eigenvalue weighted by atomic mass is 79.9. The molecule has 0 unspecified atom stereocenters. The maximum atomic E-state index is 12.7. The minimum Gasteiger partial charge on any atom is -0.496 e. The predicted molar refractivity (Wildman–Crippen MR) is 115 cm³/mol. The fourth-order valence-corrected chi connectivity index (χ4v) is 3.19. The average Bonchev–Trinajstić information content (AvgIpc) is 2.68. The predicted octanol–water partition coefficient (Wildman–Crippen LogP) is 4.44. The van der Waals surface area contributed by atoms with Crippen LogP contribution in [0.5, 0.6) is 5.75 Å². The zero-order valence-electron chi connectivity index (χ0n) is 14.7. The highest BCUT2D eigenvalue weighted by Crippen LogP contribution is 2.26. The minimum atomic E-state index is -1.06. The summed E-state index contributed by atoms with van der Waals surface area (Å²) >= 11 is 8.53. The van der Waals surface area contributed by atoms with Crippen molar-refractivity contribution in [2.75, 3.05) is 12.4 Å². The number of thiocarbonyl (C=S) groups is 1. The molecule has 6 nitrogen and oxygen atoms in total. The summed E-state index contributed by atoms with van der Waals surface area (Å²) in [6, 6.07) is 15.6. The monoisotopic (exact) mass is 458 g/mol. The van der Waals surface area contributed by atoms with Gasteiger partial charge in [-0.2, -0.15) is 0 Å². The number of amides is 1. The number of halogens is 1. The molecule has 0 aliphatic rings. The Labute approximate surface area is 174 Å². The number of carboxylic acids is 1. The van der Waals surface area contributed by atoms with E-state index < -0.39 is 11.9 Å². The number of anilines is 1. The largest absolute Gasteiger partial charge is 0.496 e. The zero-order valence-corrected chi connectivity index (χ0v) is 17.1. The summed E-state index contributed by atoms with van der Waals surface area (Å²) in [5.74, 6) is -1.08. The summed E-state index contributed by atoms with van der Waals surface area (Å²) in [4.78, 5) is 23.8. The van der Waals surface area contributed by atoms with Crippen molar-refractivity contribution >= 4 is 61.6 Å². The van der Waals surface area contributed by atoms with Crippen molar-refractivity contribution in [3.8, 4) is 5.75 Å². The summed E-state index contributed by atoms with van der Waals surface area (Å²) in [6.45, 7) is 0. The van der Waals surface area contributed by atoms with E-state index in [4.69, 9.17) is 22.1 Å². The maximum Gasteiger partial charge on any atom is 0.335 e.